The molecule has 1 unspecified atom stereocenters. The average molecular weight is 536 g/mol. The molecular weight excluding hydrogens is 514 g/mol. The molecule has 0 aliphatic carbocycles. The Labute approximate surface area is 212 Å². The number of nitrogens with one attached hydrogen (secondary N) is 1. The highest BCUT2D eigenvalue weighted by molar-refractivity contribution is 8.01. The molecule has 2 aromatic rings. The van der Waals surface area contributed by atoms with E-state index < -0.39 is 36.0 Å². The molecule has 0 saturated carbocycles. The van der Waals surface area contributed by atoms with Gasteiger partial charge in [-0.25, -0.2) is 9.48 Å². The summed E-state index contributed by atoms with van der Waals surface area (Å²) in [6, 6.07) is 6.42. The van der Waals surface area contributed by atoms with Gasteiger partial charge in [-0.1, -0.05) is 36.0 Å². The standard InChI is InChI=1S/C20H21N7O7S2/c21-6-11-4-2-1-3-10(11)5-13(28)22-15-16(31)27-17(34-20(32)33)12(8-35-18(15)27)9-36-19-23-24-25-26(19)7-14(29)30/h1-4,15,18H,5-9,21H2,(H,22,28)(H,29,30)(H,32,33)/t15?,18-/m0/s1. The molecule has 2 aliphatic heterocycles. The Morgan fingerprint density at radius 2 is 2.00 bits per heavy atom. The molecule has 0 spiro atoms. The van der Waals surface area contributed by atoms with E-state index in [1.165, 1.54) is 16.7 Å². The van der Waals surface area contributed by atoms with E-state index in [1.807, 2.05) is 12.1 Å². The first-order valence-electron chi connectivity index (χ1n) is 10.5. The van der Waals surface area contributed by atoms with E-state index in [4.69, 9.17) is 15.6 Å². The van der Waals surface area contributed by atoms with Crippen molar-refractivity contribution in [3.63, 3.8) is 0 Å². The molecule has 1 aromatic carbocycles. The first-order chi connectivity index (χ1) is 17.3. The summed E-state index contributed by atoms with van der Waals surface area (Å²) < 4.78 is 6.04. The second-order valence-electron chi connectivity index (χ2n) is 7.68. The Morgan fingerprint density at radius 1 is 1.25 bits per heavy atom. The topological polar surface area (TPSA) is 203 Å². The molecule has 0 radical (unpaired) electrons. The van der Waals surface area contributed by atoms with E-state index in [-0.39, 0.29) is 35.7 Å². The highest BCUT2D eigenvalue weighted by Crippen LogP contribution is 2.41. The minimum Gasteiger partial charge on any atom is -0.480 e. The number of amides is 2. The third kappa shape index (κ3) is 5.44. The molecule has 2 aliphatic rings. The fourth-order valence-electron chi connectivity index (χ4n) is 3.71. The van der Waals surface area contributed by atoms with Gasteiger partial charge in [-0.05, 0) is 21.6 Å². The van der Waals surface area contributed by atoms with Gasteiger partial charge in [-0.15, -0.1) is 16.9 Å². The van der Waals surface area contributed by atoms with Crippen molar-refractivity contribution in [2.24, 2.45) is 5.73 Å². The summed E-state index contributed by atoms with van der Waals surface area (Å²) in [4.78, 5) is 49.1. The normalized spacial score (nSPS) is 18.9. The van der Waals surface area contributed by atoms with Gasteiger partial charge < -0.3 is 26.0 Å². The van der Waals surface area contributed by atoms with Crippen LogP contribution in [0.25, 0.3) is 0 Å². The van der Waals surface area contributed by atoms with Crippen molar-refractivity contribution < 1.29 is 34.1 Å². The Hall–Kier alpha value is -3.63. The summed E-state index contributed by atoms with van der Waals surface area (Å²) in [7, 11) is 0. The van der Waals surface area contributed by atoms with Crippen LogP contribution in [0.5, 0.6) is 0 Å². The SMILES string of the molecule is NCc1ccccc1CC(=O)NC1C(=O)N2C(OC(=O)O)=C(CSc3nnnn3CC(=O)O)CS[C@@H]12. The minimum atomic E-state index is -1.59. The van der Waals surface area contributed by atoms with Crippen molar-refractivity contribution in [1.29, 1.82) is 0 Å². The highest BCUT2D eigenvalue weighted by Gasteiger charge is 2.54. The second-order valence-corrected chi connectivity index (χ2v) is 9.73. The zero-order chi connectivity index (χ0) is 25.8. The monoisotopic (exact) mass is 535 g/mol. The first-order valence-corrected chi connectivity index (χ1v) is 12.6. The van der Waals surface area contributed by atoms with Gasteiger partial charge in [0.15, 0.2) is 0 Å². The van der Waals surface area contributed by atoms with Gasteiger partial charge in [-0.3, -0.25) is 19.3 Å². The number of aromatic nitrogens is 4. The molecule has 1 saturated heterocycles. The van der Waals surface area contributed by atoms with Crippen LogP contribution in [0.4, 0.5) is 4.79 Å². The third-order valence-corrected chi connectivity index (χ3v) is 7.73. The molecule has 1 fully saturated rings. The smallest absolute Gasteiger partial charge is 0.480 e. The third-order valence-electron chi connectivity index (χ3n) is 5.34. The van der Waals surface area contributed by atoms with Gasteiger partial charge >= 0.3 is 12.1 Å². The van der Waals surface area contributed by atoms with Crippen molar-refractivity contribution >= 4 is 47.5 Å². The number of carbonyl (C=O) groups excluding carboxylic acids is 2. The summed E-state index contributed by atoms with van der Waals surface area (Å²) in [5.74, 6) is -1.64. The number of nitrogens with two attached hydrogens (primary N) is 1. The van der Waals surface area contributed by atoms with Gasteiger partial charge in [0, 0.05) is 23.6 Å². The quantitative estimate of drug-likeness (QED) is 0.178. The van der Waals surface area contributed by atoms with Crippen LogP contribution >= 0.6 is 23.5 Å². The Bertz CT molecular complexity index is 1230. The highest BCUT2D eigenvalue weighted by atomic mass is 32.2. The van der Waals surface area contributed by atoms with Crippen LogP contribution in [0.1, 0.15) is 11.1 Å². The van der Waals surface area contributed by atoms with Crippen LogP contribution in [-0.4, -0.2) is 82.2 Å². The number of carbonyl (C=O) groups is 4. The molecular formula is C20H21N7O7S2. The van der Waals surface area contributed by atoms with E-state index in [9.17, 15) is 24.3 Å². The van der Waals surface area contributed by atoms with Crippen molar-refractivity contribution in [3.8, 4) is 0 Å². The molecule has 5 N–H and O–H groups in total. The number of aliphatic carboxylic acids is 1. The number of benzene rings is 1. The number of fused-ring (bicyclic) bond motifs is 1. The van der Waals surface area contributed by atoms with Crippen molar-refractivity contribution in [2.75, 3.05) is 11.5 Å². The van der Waals surface area contributed by atoms with Crippen molar-refractivity contribution in [2.45, 2.75) is 36.1 Å². The van der Waals surface area contributed by atoms with Gasteiger partial charge in [0.1, 0.15) is 18.0 Å². The van der Waals surface area contributed by atoms with Gasteiger partial charge in [-0.2, -0.15) is 0 Å². The fourth-order valence-corrected chi connectivity index (χ4v) is 6.04. The number of hydrogen-bond acceptors (Lipinski definition) is 11. The predicted octanol–water partition coefficient (Wildman–Crippen LogP) is -0.143. The summed E-state index contributed by atoms with van der Waals surface area (Å²) >= 11 is 2.42. The lowest BCUT2D eigenvalue weighted by atomic mass is 10.0. The van der Waals surface area contributed by atoms with Crippen LogP contribution in [0.3, 0.4) is 0 Å². The maximum absolute atomic E-state index is 12.9. The van der Waals surface area contributed by atoms with Crippen LogP contribution in [0, 0.1) is 0 Å². The van der Waals surface area contributed by atoms with Crippen LogP contribution in [-0.2, 0) is 38.6 Å². The largest absolute Gasteiger partial charge is 0.512 e. The molecule has 3 heterocycles. The number of rotatable bonds is 10. The molecule has 2 atom stereocenters. The number of ether oxygens (including phenoxy) is 1. The zero-order valence-corrected chi connectivity index (χ0v) is 20.2. The van der Waals surface area contributed by atoms with Gasteiger partial charge in [0.05, 0.1) is 6.42 Å². The second kappa shape index (κ2) is 11.0. The van der Waals surface area contributed by atoms with Crippen molar-refractivity contribution in [1.82, 2.24) is 30.4 Å². The molecule has 16 heteroatoms. The summed E-state index contributed by atoms with van der Waals surface area (Å²) in [5, 5.41) is 31.4. The van der Waals surface area contributed by atoms with Crippen LogP contribution in [0.15, 0.2) is 40.9 Å². The Morgan fingerprint density at radius 3 is 2.69 bits per heavy atom. The summed E-state index contributed by atoms with van der Waals surface area (Å²) in [6.45, 7) is -0.159. The molecule has 2 amide bonds. The van der Waals surface area contributed by atoms with Gasteiger partial charge in [0.25, 0.3) is 5.91 Å². The number of tetrazole rings is 1. The first kappa shape index (κ1) is 25.5. The fraction of sp³-hybridized carbons (Fsp3) is 0.350. The van der Waals surface area contributed by atoms with E-state index >= 15 is 0 Å². The number of thioether (sulfide) groups is 2. The molecule has 4 rings (SSSR count). The maximum Gasteiger partial charge on any atom is 0.512 e. The number of nitrogens with zero attached hydrogens (tertiary/aromatic N) is 5. The minimum absolute atomic E-state index is 0.0514. The number of β-lactam (4-membered cyclic amide) rings is 1. The van der Waals surface area contributed by atoms with Gasteiger partial charge in [0.2, 0.25) is 16.9 Å². The summed E-state index contributed by atoms with van der Waals surface area (Å²) in [5.41, 5.74) is 7.81. The van der Waals surface area contributed by atoms with Crippen LogP contribution in [0.2, 0.25) is 0 Å². The van der Waals surface area contributed by atoms with Crippen LogP contribution < -0.4 is 11.1 Å². The lowest BCUT2D eigenvalue weighted by Gasteiger charge is -2.49. The molecule has 36 heavy (non-hydrogen) atoms. The lowest BCUT2D eigenvalue weighted by Crippen LogP contribution is -2.70. The molecule has 0 bridgehead atoms. The van der Waals surface area contributed by atoms with E-state index in [1.54, 1.807) is 12.1 Å². The number of carboxylic acids is 1. The molecule has 190 valence electrons. The van der Waals surface area contributed by atoms with E-state index in [0.717, 1.165) is 27.6 Å². The van der Waals surface area contributed by atoms with E-state index in [0.29, 0.717) is 11.3 Å². The summed E-state index contributed by atoms with van der Waals surface area (Å²) in [6.07, 6.45) is -1.54. The maximum atomic E-state index is 12.9. The average Bonchev–Trinajstić information content (AvgIpc) is 3.27. The molecule has 14 nitrogen and oxygen atoms in total. The Kier molecular flexibility index (Phi) is 7.76. The van der Waals surface area contributed by atoms with E-state index in [2.05, 4.69) is 20.8 Å². The lowest BCUT2D eigenvalue weighted by molar-refractivity contribution is -0.149. The predicted molar refractivity (Wildman–Crippen MR) is 125 cm³/mol. The molecule has 1 aromatic heterocycles. The zero-order valence-electron chi connectivity index (χ0n) is 18.6. The van der Waals surface area contributed by atoms with Crippen molar-refractivity contribution in [3.05, 3.63) is 46.8 Å². The number of hydrogen-bond donors (Lipinski definition) is 4. The Balaban J connectivity index is 1.45. The number of carboxylic acid groups (broad SMARTS) is 2.